The van der Waals surface area contributed by atoms with E-state index in [0.29, 0.717) is 12.3 Å². The van der Waals surface area contributed by atoms with Crippen LogP contribution < -0.4 is 0 Å². The standard InChI is InChI=1S/C8H12ClF3.C2H6/c1-2-7(8(10,11)12)5-6(7)3-4-9;1-2/h6H,2-5H2,1H3;1-2H3. The molecule has 0 heterocycles. The van der Waals surface area contributed by atoms with E-state index >= 15 is 0 Å². The van der Waals surface area contributed by atoms with Gasteiger partial charge in [0.2, 0.25) is 0 Å². The van der Waals surface area contributed by atoms with Crippen molar-refractivity contribution in [2.75, 3.05) is 5.88 Å². The monoisotopic (exact) mass is 230 g/mol. The first-order valence-corrected chi connectivity index (χ1v) is 5.64. The highest BCUT2D eigenvalue weighted by molar-refractivity contribution is 6.17. The summed E-state index contributed by atoms with van der Waals surface area (Å²) < 4.78 is 37.3. The van der Waals surface area contributed by atoms with Crippen LogP contribution in [0.1, 0.15) is 40.0 Å². The fourth-order valence-corrected chi connectivity index (χ4v) is 2.13. The summed E-state index contributed by atoms with van der Waals surface area (Å²) in [5.74, 6) is 0.114. The summed E-state index contributed by atoms with van der Waals surface area (Å²) in [7, 11) is 0. The number of hydrogen-bond acceptors (Lipinski definition) is 0. The molecule has 0 bridgehead atoms. The van der Waals surface area contributed by atoms with Gasteiger partial charge in [-0.2, -0.15) is 13.2 Å². The molecular formula is C10H18ClF3. The van der Waals surface area contributed by atoms with Gasteiger partial charge in [0, 0.05) is 5.88 Å². The predicted octanol–water partition coefficient (Wildman–Crippen LogP) is 4.62. The van der Waals surface area contributed by atoms with Crippen LogP contribution in [0.25, 0.3) is 0 Å². The van der Waals surface area contributed by atoms with Crippen LogP contribution in [-0.4, -0.2) is 12.1 Å². The maximum atomic E-state index is 12.4. The average Bonchev–Trinajstić information content (AvgIpc) is 2.83. The first-order chi connectivity index (χ1) is 6.48. The lowest BCUT2D eigenvalue weighted by Crippen LogP contribution is -2.26. The summed E-state index contributed by atoms with van der Waals surface area (Å²) in [4.78, 5) is 0. The van der Waals surface area contributed by atoms with Crippen LogP contribution in [0.15, 0.2) is 0 Å². The number of rotatable bonds is 3. The molecule has 0 nitrogen and oxygen atoms in total. The van der Waals surface area contributed by atoms with Crippen LogP contribution in [0.2, 0.25) is 0 Å². The van der Waals surface area contributed by atoms with E-state index < -0.39 is 11.6 Å². The van der Waals surface area contributed by atoms with Crippen LogP contribution in [0.3, 0.4) is 0 Å². The summed E-state index contributed by atoms with van der Waals surface area (Å²) in [6, 6.07) is 0. The molecule has 1 fully saturated rings. The van der Waals surface area contributed by atoms with Gasteiger partial charge in [0.1, 0.15) is 0 Å². The van der Waals surface area contributed by atoms with Gasteiger partial charge in [-0.1, -0.05) is 20.8 Å². The van der Waals surface area contributed by atoms with Crippen molar-refractivity contribution in [1.29, 1.82) is 0 Å². The molecule has 1 aliphatic carbocycles. The Hall–Kier alpha value is 0.0800. The van der Waals surface area contributed by atoms with Crippen molar-refractivity contribution in [2.24, 2.45) is 11.3 Å². The summed E-state index contributed by atoms with van der Waals surface area (Å²) in [5.41, 5.74) is -1.39. The molecule has 0 aliphatic heterocycles. The van der Waals surface area contributed by atoms with Crippen LogP contribution >= 0.6 is 11.6 Å². The SMILES string of the molecule is CC.CCC1(C(F)(F)F)CC1CCCl. The lowest BCUT2D eigenvalue weighted by Gasteiger charge is -2.18. The van der Waals surface area contributed by atoms with Gasteiger partial charge in [0.05, 0.1) is 5.41 Å². The summed E-state index contributed by atoms with van der Waals surface area (Å²) in [5, 5.41) is 0. The Morgan fingerprint density at radius 2 is 1.86 bits per heavy atom. The topological polar surface area (TPSA) is 0 Å². The molecule has 2 atom stereocenters. The lowest BCUT2D eigenvalue weighted by molar-refractivity contribution is -0.192. The number of alkyl halides is 4. The second-order valence-electron chi connectivity index (χ2n) is 3.39. The second-order valence-corrected chi connectivity index (χ2v) is 3.76. The Morgan fingerprint density at radius 3 is 2.07 bits per heavy atom. The molecule has 0 aromatic rings. The minimum Gasteiger partial charge on any atom is -0.170 e. The van der Waals surface area contributed by atoms with E-state index in [4.69, 9.17) is 11.6 Å². The first-order valence-electron chi connectivity index (χ1n) is 5.10. The van der Waals surface area contributed by atoms with Crippen LogP contribution in [0.4, 0.5) is 13.2 Å². The highest BCUT2D eigenvalue weighted by atomic mass is 35.5. The van der Waals surface area contributed by atoms with E-state index in [1.54, 1.807) is 6.92 Å². The molecule has 0 N–H and O–H groups in total. The summed E-state index contributed by atoms with van der Waals surface area (Å²) in [6.45, 7) is 5.60. The zero-order valence-electron chi connectivity index (χ0n) is 8.92. The molecule has 0 aromatic carbocycles. The molecule has 4 heteroatoms. The highest BCUT2D eigenvalue weighted by Gasteiger charge is 2.68. The van der Waals surface area contributed by atoms with Gasteiger partial charge < -0.3 is 0 Å². The van der Waals surface area contributed by atoms with E-state index in [1.165, 1.54) is 0 Å². The first kappa shape index (κ1) is 14.1. The molecule has 0 saturated heterocycles. The van der Waals surface area contributed by atoms with Gasteiger partial charge in [0.25, 0.3) is 0 Å². The fourth-order valence-electron chi connectivity index (χ4n) is 1.87. The summed E-state index contributed by atoms with van der Waals surface area (Å²) >= 11 is 5.40. The van der Waals surface area contributed by atoms with E-state index in [9.17, 15) is 13.2 Å². The van der Waals surface area contributed by atoms with Gasteiger partial charge in [-0.05, 0) is 25.2 Å². The van der Waals surface area contributed by atoms with Crippen molar-refractivity contribution in [3.8, 4) is 0 Å². The van der Waals surface area contributed by atoms with Crippen LogP contribution in [0, 0.1) is 11.3 Å². The minimum atomic E-state index is -4.03. The maximum Gasteiger partial charge on any atom is 0.394 e. The zero-order chi connectivity index (χ0) is 11.4. The minimum absolute atomic E-state index is 0.193. The van der Waals surface area contributed by atoms with Gasteiger partial charge in [-0.3, -0.25) is 0 Å². The Labute approximate surface area is 88.8 Å². The average molecular weight is 231 g/mol. The molecule has 0 aromatic heterocycles. The van der Waals surface area contributed by atoms with Crippen molar-refractivity contribution in [1.82, 2.24) is 0 Å². The fraction of sp³-hybridized carbons (Fsp3) is 1.00. The van der Waals surface area contributed by atoms with Gasteiger partial charge in [-0.25, -0.2) is 0 Å². The van der Waals surface area contributed by atoms with Crippen molar-refractivity contribution >= 4 is 11.6 Å². The molecule has 0 amide bonds. The predicted molar refractivity (Wildman–Crippen MR) is 53.6 cm³/mol. The second kappa shape index (κ2) is 5.24. The van der Waals surface area contributed by atoms with Crippen LogP contribution in [-0.2, 0) is 0 Å². The molecule has 1 saturated carbocycles. The molecule has 14 heavy (non-hydrogen) atoms. The molecule has 0 spiro atoms. The summed E-state index contributed by atoms with van der Waals surface area (Å²) in [6.07, 6.45) is -3.06. The smallest absolute Gasteiger partial charge is 0.170 e. The lowest BCUT2D eigenvalue weighted by atomic mass is 9.98. The van der Waals surface area contributed by atoms with Gasteiger partial charge in [0.15, 0.2) is 0 Å². The van der Waals surface area contributed by atoms with Crippen molar-refractivity contribution in [3.05, 3.63) is 0 Å². The van der Waals surface area contributed by atoms with E-state index in [-0.39, 0.29) is 18.8 Å². The van der Waals surface area contributed by atoms with Gasteiger partial charge >= 0.3 is 6.18 Å². The third-order valence-corrected chi connectivity index (χ3v) is 3.10. The molecule has 86 valence electrons. The Kier molecular flexibility index (Phi) is 5.27. The largest absolute Gasteiger partial charge is 0.394 e. The molecular weight excluding hydrogens is 213 g/mol. The third kappa shape index (κ3) is 2.56. The zero-order valence-corrected chi connectivity index (χ0v) is 9.67. The van der Waals surface area contributed by atoms with Gasteiger partial charge in [-0.15, -0.1) is 11.6 Å². The normalized spacial score (nSPS) is 30.6. The van der Waals surface area contributed by atoms with Crippen LogP contribution in [0.5, 0.6) is 0 Å². The van der Waals surface area contributed by atoms with E-state index in [2.05, 4.69) is 0 Å². The quantitative estimate of drug-likeness (QED) is 0.621. The number of halogens is 4. The Morgan fingerprint density at radius 1 is 1.36 bits per heavy atom. The van der Waals surface area contributed by atoms with Crippen molar-refractivity contribution in [3.63, 3.8) is 0 Å². The molecule has 0 radical (unpaired) electrons. The molecule has 1 aliphatic rings. The molecule has 2 unspecified atom stereocenters. The third-order valence-electron chi connectivity index (χ3n) is 2.89. The maximum absolute atomic E-state index is 12.4. The number of hydrogen-bond donors (Lipinski definition) is 0. The molecule has 1 rings (SSSR count). The van der Waals surface area contributed by atoms with Crippen molar-refractivity contribution < 1.29 is 13.2 Å². The van der Waals surface area contributed by atoms with E-state index in [1.807, 2.05) is 13.8 Å². The Balaban J connectivity index is 0.000000791. The van der Waals surface area contributed by atoms with Crippen molar-refractivity contribution in [2.45, 2.75) is 46.2 Å². The highest BCUT2D eigenvalue weighted by Crippen LogP contribution is 2.65. The van der Waals surface area contributed by atoms with E-state index in [0.717, 1.165) is 0 Å². The Bertz CT molecular complexity index is 167.